The van der Waals surface area contributed by atoms with Gasteiger partial charge in [-0.2, -0.15) is 0 Å². The zero-order valence-electron chi connectivity index (χ0n) is 34.9. The predicted molar refractivity (Wildman–Crippen MR) is 213 cm³/mol. The monoisotopic (exact) mass is 870 g/mol. The third kappa shape index (κ3) is 19.4. The molecule has 1 aliphatic heterocycles. The summed E-state index contributed by atoms with van der Waals surface area (Å²) in [7, 11) is 0. The summed E-state index contributed by atoms with van der Waals surface area (Å²) in [6, 6.07) is -9.84. The van der Waals surface area contributed by atoms with Gasteiger partial charge in [0, 0.05) is 13.0 Å². The maximum absolute atomic E-state index is 13.5. The second kappa shape index (κ2) is 26.3. The molecule has 24 nitrogen and oxygen atoms in total. The third-order valence-corrected chi connectivity index (χ3v) is 9.47. The van der Waals surface area contributed by atoms with E-state index in [-0.39, 0.29) is 25.3 Å². The molecule has 1 aliphatic rings. The van der Waals surface area contributed by atoms with Crippen LogP contribution in [0.5, 0.6) is 0 Å². The number of rotatable bonds is 28. The Morgan fingerprint density at radius 1 is 0.689 bits per heavy atom. The van der Waals surface area contributed by atoms with Crippen molar-refractivity contribution in [2.45, 2.75) is 134 Å². The molecule has 0 saturated carbocycles. The van der Waals surface area contributed by atoms with E-state index in [2.05, 4.69) is 31.9 Å². The van der Waals surface area contributed by atoms with E-state index in [0.717, 1.165) is 4.90 Å². The minimum absolute atomic E-state index is 0.0185. The number of unbranched alkanes of at least 4 members (excludes halogenated alkanes) is 1. The van der Waals surface area contributed by atoms with Crippen LogP contribution in [-0.4, -0.2) is 147 Å². The molecule has 0 spiro atoms. The van der Waals surface area contributed by atoms with Gasteiger partial charge in [0.15, 0.2) is 0 Å². The maximum Gasteiger partial charge on any atom is 0.326 e. The van der Waals surface area contributed by atoms with Crippen molar-refractivity contribution < 1.29 is 68.1 Å². The van der Waals surface area contributed by atoms with Crippen LogP contribution in [-0.2, 0) is 52.7 Å². The fourth-order valence-electron chi connectivity index (χ4n) is 6.28. The van der Waals surface area contributed by atoms with Gasteiger partial charge in [0.1, 0.15) is 36.3 Å². The first-order valence-electron chi connectivity index (χ1n) is 20.0. The number of nitrogens with one attached hydrogen (secondary N) is 6. The smallest absolute Gasteiger partial charge is 0.326 e. The largest absolute Gasteiger partial charge is 0.481 e. The topological polar surface area (TPSA) is 402 Å². The number of hydrogen-bond donors (Lipinski definition) is 12. The molecule has 1 rings (SSSR count). The summed E-state index contributed by atoms with van der Waals surface area (Å²) >= 11 is 0. The van der Waals surface area contributed by atoms with Crippen molar-refractivity contribution in [3.05, 3.63) is 0 Å². The Hall–Kier alpha value is -5.91. The van der Waals surface area contributed by atoms with Gasteiger partial charge in [-0.25, -0.2) is 4.79 Å². The summed E-state index contributed by atoms with van der Waals surface area (Å²) in [5, 5.41) is 42.4. The van der Waals surface area contributed by atoms with Crippen molar-refractivity contribution in [3.63, 3.8) is 0 Å². The van der Waals surface area contributed by atoms with E-state index in [9.17, 15) is 68.1 Å². The van der Waals surface area contributed by atoms with Crippen LogP contribution in [0.25, 0.3) is 0 Å². The summed E-state index contributed by atoms with van der Waals surface area (Å²) in [5.74, 6) is -12.7. The number of carbonyl (C=O) groups is 11. The summed E-state index contributed by atoms with van der Waals surface area (Å²) in [6.07, 6.45) is -0.908. The van der Waals surface area contributed by atoms with Crippen LogP contribution >= 0.6 is 0 Å². The standard InChI is InChI=1S/C37H62N10O14/c1-18(2)14-22(44-35(58)30(19(3)4)46-31(54)20(39)8-5-6-12-38)34(57)43-23(15-28(50)51)32(55)41-17-27(49)42-21(10-11-26(40)48)33(56)45-24(16-29(52)53)36(59)47-13-7-9-25(47)37(60)61/h18-25,30H,5-17,38-39H2,1-4H3,(H2,40,48)(H,41,55)(H,42,49)(H,43,57)(H,44,58)(H,45,56)(H,46,54)(H,50,51)(H,52,53)(H,60,61)/t20-,21-,22-,23-,24-,25-,30-/m0/s1. The molecule has 0 aliphatic carbocycles. The van der Waals surface area contributed by atoms with Gasteiger partial charge >= 0.3 is 17.9 Å². The summed E-state index contributed by atoms with van der Waals surface area (Å²) in [6.45, 7) is 6.25. The predicted octanol–water partition coefficient (Wildman–Crippen LogP) is -4.02. The Labute approximate surface area is 352 Å². The average molecular weight is 871 g/mol. The Bertz CT molecular complexity index is 1610. The Morgan fingerprint density at radius 3 is 1.80 bits per heavy atom. The molecule has 7 atom stereocenters. The van der Waals surface area contributed by atoms with Crippen molar-refractivity contribution in [1.29, 1.82) is 0 Å². The lowest BCUT2D eigenvalue weighted by molar-refractivity contribution is -0.150. The van der Waals surface area contributed by atoms with E-state index in [1.54, 1.807) is 27.7 Å². The summed E-state index contributed by atoms with van der Waals surface area (Å²) in [4.78, 5) is 140. The first-order valence-corrected chi connectivity index (χ1v) is 20.0. The van der Waals surface area contributed by atoms with E-state index >= 15 is 0 Å². The number of carboxylic acids is 3. The first-order chi connectivity index (χ1) is 28.5. The van der Waals surface area contributed by atoms with Crippen molar-refractivity contribution in [2.24, 2.45) is 29.0 Å². The average Bonchev–Trinajstić information content (AvgIpc) is 3.66. The lowest BCUT2D eigenvalue weighted by Crippen LogP contribution is -2.59. The zero-order chi connectivity index (χ0) is 46.6. The molecule has 8 amide bonds. The van der Waals surface area contributed by atoms with Gasteiger partial charge in [0.05, 0.1) is 25.4 Å². The Kier molecular flexibility index (Phi) is 22.9. The lowest BCUT2D eigenvalue weighted by atomic mass is 9.99. The van der Waals surface area contributed by atoms with E-state index in [1.165, 1.54) is 0 Å². The van der Waals surface area contributed by atoms with Gasteiger partial charge in [-0.1, -0.05) is 34.1 Å². The highest BCUT2D eigenvalue weighted by atomic mass is 16.4. The molecule has 0 bridgehead atoms. The molecule has 61 heavy (non-hydrogen) atoms. The summed E-state index contributed by atoms with van der Waals surface area (Å²) in [5.41, 5.74) is 16.7. The van der Waals surface area contributed by atoms with Gasteiger partial charge in [-0.3, -0.25) is 47.9 Å². The molecule has 24 heteroatoms. The molecule has 1 fully saturated rings. The number of nitrogens with zero attached hydrogens (tertiary/aromatic N) is 1. The Balaban J connectivity index is 3.14. The van der Waals surface area contributed by atoms with Gasteiger partial charge < -0.3 is 69.3 Å². The van der Waals surface area contributed by atoms with Crippen LogP contribution in [0, 0.1) is 11.8 Å². The maximum atomic E-state index is 13.5. The molecular formula is C37H62N10O14. The number of aliphatic carboxylic acids is 3. The molecule has 15 N–H and O–H groups in total. The molecule has 0 radical (unpaired) electrons. The van der Waals surface area contributed by atoms with Crippen molar-refractivity contribution in [1.82, 2.24) is 36.8 Å². The van der Waals surface area contributed by atoms with Crippen LogP contribution in [0.4, 0.5) is 0 Å². The fraction of sp³-hybridized carbons (Fsp3) is 0.703. The third-order valence-electron chi connectivity index (χ3n) is 9.47. The van der Waals surface area contributed by atoms with Gasteiger partial charge in [-0.05, 0) is 56.9 Å². The number of likely N-dealkylation sites (tertiary alicyclic amines) is 1. The Morgan fingerprint density at radius 2 is 1.26 bits per heavy atom. The van der Waals surface area contributed by atoms with E-state index in [4.69, 9.17) is 17.2 Å². The number of amides is 8. The minimum atomic E-state index is -1.80. The number of nitrogens with two attached hydrogens (primary N) is 3. The highest BCUT2D eigenvalue weighted by Gasteiger charge is 2.39. The minimum Gasteiger partial charge on any atom is -0.481 e. The normalized spacial score (nSPS) is 16.5. The van der Waals surface area contributed by atoms with E-state index < -0.39 is 146 Å². The molecule has 0 aromatic rings. The van der Waals surface area contributed by atoms with Gasteiger partial charge in [-0.15, -0.1) is 0 Å². The fourth-order valence-corrected chi connectivity index (χ4v) is 6.28. The van der Waals surface area contributed by atoms with Crippen LogP contribution in [0.15, 0.2) is 0 Å². The summed E-state index contributed by atoms with van der Waals surface area (Å²) < 4.78 is 0. The molecule has 0 aromatic carbocycles. The molecule has 1 saturated heterocycles. The highest BCUT2D eigenvalue weighted by Crippen LogP contribution is 2.19. The quantitative estimate of drug-likeness (QED) is 0.0333. The lowest BCUT2D eigenvalue weighted by Gasteiger charge is -2.28. The molecule has 344 valence electrons. The van der Waals surface area contributed by atoms with Crippen molar-refractivity contribution >= 4 is 65.2 Å². The van der Waals surface area contributed by atoms with E-state index in [1.807, 2.05) is 0 Å². The molecule has 0 unspecified atom stereocenters. The molecular weight excluding hydrogens is 808 g/mol. The van der Waals surface area contributed by atoms with Crippen LogP contribution in [0.2, 0.25) is 0 Å². The van der Waals surface area contributed by atoms with Crippen molar-refractivity contribution in [3.8, 4) is 0 Å². The first kappa shape index (κ1) is 53.1. The molecule has 1 heterocycles. The molecule has 0 aromatic heterocycles. The van der Waals surface area contributed by atoms with E-state index in [0.29, 0.717) is 32.2 Å². The zero-order valence-corrected chi connectivity index (χ0v) is 34.9. The SMILES string of the molecule is CC(C)C[C@H](NC(=O)[C@@H](NC(=O)[C@@H](N)CCCCN)C(C)C)C(=O)N[C@@H](CC(=O)O)C(=O)NCC(=O)N[C@@H](CCC(N)=O)C(=O)N[C@@H](CC(=O)O)C(=O)N1CCC[C@H]1C(=O)O. The second-order valence-electron chi connectivity index (χ2n) is 15.5. The van der Waals surface area contributed by atoms with Gasteiger partial charge in [0.2, 0.25) is 47.3 Å². The second-order valence-corrected chi connectivity index (χ2v) is 15.5. The number of hydrogen-bond acceptors (Lipinski definition) is 13. The highest BCUT2D eigenvalue weighted by molar-refractivity contribution is 5.98. The van der Waals surface area contributed by atoms with Crippen LogP contribution < -0.4 is 49.1 Å². The van der Waals surface area contributed by atoms with Crippen LogP contribution in [0.3, 0.4) is 0 Å². The van der Waals surface area contributed by atoms with Gasteiger partial charge in [0.25, 0.3) is 0 Å². The number of carboxylic acid groups (broad SMARTS) is 3. The number of primary amides is 1. The number of carbonyl (C=O) groups excluding carboxylic acids is 8. The van der Waals surface area contributed by atoms with Crippen molar-refractivity contribution in [2.75, 3.05) is 19.6 Å². The van der Waals surface area contributed by atoms with Crippen LogP contribution in [0.1, 0.15) is 91.9 Å².